The summed E-state index contributed by atoms with van der Waals surface area (Å²) in [7, 11) is 0. The fraction of sp³-hybridized carbons (Fsp3) is 0.435. The minimum atomic E-state index is -0.611. The van der Waals surface area contributed by atoms with Crippen molar-refractivity contribution in [3.8, 4) is 5.75 Å². The summed E-state index contributed by atoms with van der Waals surface area (Å²) in [5, 5.41) is 13.8. The van der Waals surface area contributed by atoms with Gasteiger partial charge in [-0.15, -0.1) is 0 Å². The van der Waals surface area contributed by atoms with Gasteiger partial charge in [-0.3, -0.25) is 4.79 Å². The first-order valence-corrected chi connectivity index (χ1v) is 10.0. The molecule has 4 heteroatoms. The predicted molar refractivity (Wildman–Crippen MR) is 107 cm³/mol. The van der Waals surface area contributed by atoms with Crippen LogP contribution in [-0.4, -0.2) is 30.1 Å². The van der Waals surface area contributed by atoms with Gasteiger partial charge in [-0.25, -0.2) is 0 Å². The Morgan fingerprint density at radius 3 is 2.70 bits per heavy atom. The molecule has 0 aliphatic heterocycles. The Morgan fingerprint density at radius 2 is 1.78 bits per heavy atom. The van der Waals surface area contributed by atoms with Crippen molar-refractivity contribution in [3.63, 3.8) is 0 Å². The molecule has 27 heavy (non-hydrogen) atoms. The Morgan fingerprint density at radius 1 is 0.963 bits per heavy atom. The van der Waals surface area contributed by atoms with Crippen LogP contribution in [0.15, 0.2) is 36.4 Å². The van der Waals surface area contributed by atoms with Crippen molar-refractivity contribution in [2.75, 3.05) is 18.5 Å². The molecule has 4 nitrogen and oxygen atoms in total. The molecule has 0 aromatic heterocycles. The average Bonchev–Trinajstić information content (AvgIpc) is 2.71. The highest BCUT2D eigenvalue weighted by Gasteiger charge is 2.21. The normalized spacial score (nSPS) is 17.0. The van der Waals surface area contributed by atoms with Gasteiger partial charge in [-0.2, -0.15) is 0 Å². The highest BCUT2D eigenvalue weighted by atomic mass is 16.5. The van der Waals surface area contributed by atoms with Crippen LogP contribution in [0.2, 0.25) is 0 Å². The van der Waals surface area contributed by atoms with E-state index in [0.29, 0.717) is 13.0 Å². The Labute approximate surface area is 160 Å². The van der Waals surface area contributed by atoms with Gasteiger partial charge >= 0.3 is 0 Å². The third kappa shape index (κ3) is 4.01. The smallest absolute Gasteiger partial charge is 0.163 e. The third-order valence-corrected chi connectivity index (χ3v) is 5.62. The quantitative estimate of drug-likeness (QED) is 0.814. The van der Waals surface area contributed by atoms with Gasteiger partial charge < -0.3 is 15.2 Å². The number of ketones is 1. The number of aliphatic hydroxyl groups excluding tert-OH is 1. The number of benzene rings is 2. The molecule has 2 N–H and O–H groups in total. The minimum Gasteiger partial charge on any atom is -0.491 e. The van der Waals surface area contributed by atoms with Crippen molar-refractivity contribution >= 4 is 11.5 Å². The lowest BCUT2D eigenvalue weighted by molar-refractivity contribution is 0.0969. The second kappa shape index (κ2) is 8.13. The Bertz CT molecular complexity index is 830. The third-order valence-electron chi connectivity index (χ3n) is 5.62. The topological polar surface area (TPSA) is 58.6 Å². The number of aliphatic hydroxyl groups is 1. The first-order valence-electron chi connectivity index (χ1n) is 10.0. The summed E-state index contributed by atoms with van der Waals surface area (Å²) in [5.74, 6) is 0.925. The molecule has 0 saturated heterocycles. The lowest BCUT2D eigenvalue weighted by Gasteiger charge is -2.22. The number of Topliss-reactive ketones (excluding diaryl/α,β-unsaturated/α-hetero) is 1. The largest absolute Gasteiger partial charge is 0.491 e. The molecule has 0 heterocycles. The molecule has 0 bridgehead atoms. The highest BCUT2D eigenvalue weighted by Crippen LogP contribution is 2.30. The summed E-state index contributed by atoms with van der Waals surface area (Å²) in [5.41, 5.74) is 5.73. The zero-order valence-electron chi connectivity index (χ0n) is 15.7. The number of carbonyl (C=O) groups excluding carboxylic acids is 1. The zero-order valence-corrected chi connectivity index (χ0v) is 15.7. The number of anilines is 1. The molecule has 2 aliphatic rings. The average molecular weight is 365 g/mol. The molecule has 0 fully saturated rings. The van der Waals surface area contributed by atoms with Crippen molar-refractivity contribution in [1.82, 2.24) is 0 Å². The summed E-state index contributed by atoms with van der Waals surface area (Å²) >= 11 is 0. The van der Waals surface area contributed by atoms with Gasteiger partial charge in [0.05, 0.1) is 0 Å². The van der Waals surface area contributed by atoms with Gasteiger partial charge in [0.15, 0.2) is 5.78 Å². The molecule has 142 valence electrons. The first-order chi connectivity index (χ1) is 13.2. The SMILES string of the molecule is O=C1CCCc2c(OC[C@@H](O)CNc3cccc4c3CCCC4)cccc21. The number of aryl methyl sites for hydroxylation is 1. The van der Waals surface area contributed by atoms with Gasteiger partial charge in [0.2, 0.25) is 0 Å². The van der Waals surface area contributed by atoms with Gasteiger partial charge in [-0.05, 0) is 61.8 Å². The Balaban J connectivity index is 1.35. The molecule has 2 aromatic carbocycles. The fourth-order valence-corrected chi connectivity index (χ4v) is 4.20. The molecule has 2 aromatic rings. The maximum atomic E-state index is 12.0. The van der Waals surface area contributed by atoms with Crippen LogP contribution in [0.1, 0.15) is 52.7 Å². The van der Waals surface area contributed by atoms with Gasteiger partial charge in [0.25, 0.3) is 0 Å². The molecular formula is C23H27NO3. The van der Waals surface area contributed by atoms with Crippen molar-refractivity contribution in [3.05, 3.63) is 58.7 Å². The van der Waals surface area contributed by atoms with E-state index in [-0.39, 0.29) is 12.4 Å². The Kier molecular flexibility index (Phi) is 5.44. The summed E-state index contributed by atoms with van der Waals surface area (Å²) in [4.78, 5) is 12.0. The van der Waals surface area contributed by atoms with E-state index < -0.39 is 6.10 Å². The molecule has 4 rings (SSSR count). The van der Waals surface area contributed by atoms with E-state index >= 15 is 0 Å². The molecule has 0 spiro atoms. The molecule has 2 aliphatic carbocycles. The van der Waals surface area contributed by atoms with Gasteiger partial charge in [0.1, 0.15) is 18.5 Å². The van der Waals surface area contributed by atoms with Crippen molar-refractivity contribution < 1.29 is 14.6 Å². The van der Waals surface area contributed by atoms with Crippen LogP contribution >= 0.6 is 0 Å². The van der Waals surface area contributed by atoms with E-state index in [0.717, 1.165) is 48.2 Å². The van der Waals surface area contributed by atoms with Gasteiger partial charge in [0, 0.05) is 29.8 Å². The van der Waals surface area contributed by atoms with E-state index in [4.69, 9.17) is 4.74 Å². The van der Waals surface area contributed by atoms with Crippen molar-refractivity contribution in [1.29, 1.82) is 0 Å². The Hall–Kier alpha value is -2.33. The molecule has 0 saturated carbocycles. The number of ether oxygens (including phenoxy) is 1. The maximum absolute atomic E-state index is 12.0. The van der Waals surface area contributed by atoms with Crippen LogP contribution in [0, 0.1) is 0 Å². The lowest BCUT2D eigenvalue weighted by Crippen LogP contribution is -2.27. The summed E-state index contributed by atoms with van der Waals surface area (Å²) < 4.78 is 5.87. The van der Waals surface area contributed by atoms with Crippen molar-refractivity contribution in [2.45, 2.75) is 51.0 Å². The molecule has 0 radical (unpaired) electrons. The number of hydrogen-bond donors (Lipinski definition) is 2. The first kappa shape index (κ1) is 18.1. The van der Waals surface area contributed by atoms with Crippen LogP contribution < -0.4 is 10.1 Å². The fourth-order valence-electron chi connectivity index (χ4n) is 4.20. The van der Waals surface area contributed by atoms with Crippen LogP contribution in [0.25, 0.3) is 0 Å². The predicted octanol–water partition coefficient (Wildman–Crippen LogP) is 3.94. The number of fused-ring (bicyclic) bond motifs is 2. The number of nitrogens with one attached hydrogen (secondary N) is 1. The molecular weight excluding hydrogens is 338 g/mol. The number of rotatable bonds is 6. The van der Waals surface area contributed by atoms with E-state index in [9.17, 15) is 9.90 Å². The standard InChI is InChI=1S/C23H27NO3/c25-17(14-24-21-11-3-7-16-6-1-2-8-18(16)21)15-27-23-13-5-9-19-20(23)10-4-12-22(19)26/h3,5,7,9,11,13,17,24-25H,1-2,4,6,8,10,12,14-15H2/t17-/m0/s1. The van der Waals surface area contributed by atoms with E-state index in [2.05, 4.69) is 23.5 Å². The summed E-state index contributed by atoms with van der Waals surface area (Å²) in [6.45, 7) is 0.664. The molecule has 0 unspecified atom stereocenters. The number of carbonyl (C=O) groups is 1. The van der Waals surface area contributed by atoms with Gasteiger partial charge in [-0.1, -0.05) is 24.3 Å². The van der Waals surface area contributed by atoms with Crippen molar-refractivity contribution in [2.24, 2.45) is 0 Å². The summed E-state index contributed by atoms with van der Waals surface area (Å²) in [6, 6.07) is 12.0. The van der Waals surface area contributed by atoms with E-state index in [1.54, 1.807) is 0 Å². The van der Waals surface area contributed by atoms with E-state index in [1.807, 2.05) is 18.2 Å². The molecule has 0 amide bonds. The number of hydrogen-bond acceptors (Lipinski definition) is 4. The maximum Gasteiger partial charge on any atom is 0.163 e. The minimum absolute atomic E-state index is 0.192. The van der Waals surface area contributed by atoms with Crippen LogP contribution in [0.5, 0.6) is 5.75 Å². The lowest BCUT2D eigenvalue weighted by atomic mass is 9.90. The van der Waals surface area contributed by atoms with Crippen LogP contribution in [0.4, 0.5) is 5.69 Å². The second-order valence-corrected chi connectivity index (χ2v) is 7.56. The van der Waals surface area contributed by atoms with Crippen LogP contribution in [0.3, 0.4) is 0 Å². The second-order valence-electron chi connectivity index (χ2n) is 7.56. The monoisotopic (exact) mass is 365 g/mol. The van der Waals surface area contributed by atoms with E-state index in [1.165, 1.54) is 24.0 Å². The molecule has 1 atom stereocenters. The highest BCUT2D eigenvalue weighted by molar-refractivity contribution is 5.99. The zero-order chi connectivity index (χ0) is 18.6. The summed E-state index contributed by atoms with van der Waals surface area (Å²) in [6.07, 6.45) is 6.48. The van der Waals surface area contributed by atoms with Crippen LogP contribution in [-0.2, 0) is 19.3 Å².